The van der Waals surface area contributed by atoms with E-state index in [0.29, 0.717) is 11.5 Å². The van der Waals surface area contributed by atoms with Crippen LogP contribution in [0.2, 0.25) is 0 Å². The molecular weight excluding hydrogens is 228 g/mol. The average Bonchev–Trinajstić information content (AvgIpc) is 2.64. The van der Waals surface area contributed by atoms with Gasteiger partial charge in [0.15, 0.2) is 5.76 Å². The van der Waals surface area contributed by atoms with E-state index in [2.05, 4.69) is 9.97 Å². The van der Waals surface area contributed by atoms with Crippen molar-refractivity contribution in [3.8, 4) is 11.5 Å². The fourth-order valence-corrected chi connectivity index (χ4v) is 1.74. The number of nitrogens with zero attached hydrogens (tertiary/aromatic N) is 2. The fourth-order valence-electron chi connectivity index (χ4n) is 1.22. The van der Waals surface area contributed by atoms with Crippen molar-refractivity contribution in [1.82, 2.24) is 9.97 Å². The van der Waals surface area contributed by atoms with Crippen LogP contribution in [0.25, 0.3) is 11.5 Å². The minimum Gasteiger partial charge on any atom is -0.462 e. The molecule has 2 heterocycles. The van der Waals surface area contributed by atoms with E-state index in [9.17, 15) is 8.42 Å². The molecule has 0 saturated heterocycles. The molecule has 2 rings (SSSR count). The highest BCUT2D eigenvalue weighted by atomic mass is 32.2. The molecule has 6 heteroatoms. The van der Waals surface area contributed by atoms with Gasteiger partial charge >= 0.3 is 0 Å². The van der Waals surface area contributed by atoms with Crippen LogP contribution in [0.5, 0.6) is 0 Å². The van der Waals surface area contributed by atoms with Gasteiger partial charge in [-0.05, 0) is 24.6 Å². The van der Waals surface area contributed by atoms with Crippen LogP contribution >= 0.6 is 0 Å². The summed E-state index contributed by atoms with van der Waals surface area (Å²) in [6.45, 7) is 1.88. The van der Waals surface area contributed by atoms with Gasteiger partial charge in [-0.1, -0.05) is 0 Å². The van der Waals surface area contributed by atoms with Gasteiger partial charge in [0.25, 0.3) is 0 Å². The molecule has 5 nitrogen and oxygen atoms in total. The van der Waals surface area contributed by atoms with Crippen LogP contribution in [-0.4, -0.2) is 24.6 Å². The third kappa shape index (κ3) is 2.11. The largest absolute Gasteiger partial charge is 0.462 e. The lowest BCUT2D eigenvalue weighted by molar-refractivity contribution is 0.574. The number of sulfone groups is 1. The van der Waals surface area contributed by atoms with E-state index in [-0.39, 0.29) is 5.16 Å². The van der Waals surface area contributed by atoms with Gasteiger partial charge in [0.2, 0.25) is 15.0 Å². The lowest BCUT2D eigenvalue weighted by Crippen LogP contribution is -2.03. The van der Waals surface area contributed by atoms with Crippen LogP contribution in [0.15, 0.2) is 34.2 Å². The van der Waals surface area contributed by atoms with Crippen molar-refractivity contribution in [3.05, 3.63) is 30.2 Å². The van der Waals surface area contributed by atoms with Crippen molar-refractivity contribution >= 4 is 9.84 Å². The van der Waals surface area contributed by atoms with Crippen LogP contribution in [0.3, 0.4) is 0 Å². The van der Waals surface area contributed by atoms with Crippen molar-refractivity contribution in [2.45, 2.75) is 12.1 Å². The van der Waals surface area contributed by atoms with Crippen LogP contribution < -0.4 is 0 Å². The quantitative estimate of drug-likeness (QED) is 0.740. The third-order valence-electron chi connectivity index (χ3n) is 1.95. The van der Waals surface area contributed by atoms with Crippen molar-refractivity contribution in [2.75, 3.05) is 6.26 Å². The second-order valence-corrected chi connectivity index (χ2v) is 5.39. The summed E-state index contributed by atoms with van der Waals surface area (Å²) < 4.78 is 27.8. The maximum Gasteiger partial charge on any atom is 0.247 e. The standard InChI is InChI=1S/C10H10N2O3S/c1-7-5-9(15-6-7)8-3-4-11-10(12-8)16(2,13)14/h3-6H,1-2H3. The van der Waals surface area contributed by atoms with E-state index in [1.807, 2.05) is 6.92 Å². The highest BCUT2D eigenvalue weighted by molar-refractivity contribution is 7.90. The lowest BCUT2D eigenvalue weighted by Gasteiger charge is -1.98. The second-order valence-electron chi connectivity index (χ2n) is 3.48. The van der Waals surface area contributed by atoms with Gasteiger partial charge < -0.3 is 4.42 Å². The van der Waals surface area contributed by atoms with E-state index in [1.165, 1.54) is 6.20 Å². The minimum atomic E-state index is -3.39. The van der Waals surface area contributed by atoms with Gasteiger partial charge in [0.05, 0.1) is 6.26 Å². The van der Waals surface area contributed by atoms with Crippen molar-refractivity contribution < 1.29 is 12.8 Å². The van der Waals surface area contributed by atoms with Gasteiger partial charge in [-0.15, -0.1) is 0 Å². The van der Waals surface area contributed by atoms with Gasteiger partial charge in [0.1, 0.15) is 5.69 Å². The monoisotopic (exact) mass is 238 g/mol. The van der Waals surface area contributed by atoms with Crippen LogP contribution in [0.1, 0.15) is 5.56 Å². The van der Waals surface area contributed by atoms with E-state index < -0.39 is 9.84 Å². The Morgan fingerprint density at radius 3 is 2.69 bits per heavy atom. The molecule has 16 heavy (non-hydrogen) atoms. The first-order valence-corrected chi connectivity index (χ1v) is 6.44. The predicted octanol–water partition coefficient (Wildman–Crippen LogP) is 1.45. The molecule has 84 valence electrons. The zero-order valence-electron chi connectivity index (χ0n) is 8.84. The Hall–Kier alpha value is -1.69. The second kappa shape index (κ2) is 3.71. The number of aryl methyl sites for hydroxylation is 1. The summed E-state index contributed by atoms with van der Waals surface area (Å²) in [7, 11) is -3.39. The lowest BCUT2D eigenvalue weighted by atomic mass is 10.3. The molecule has 0 fully saturated rings. The summed E-state index contributed by atoms with van der Waals surface area (Å²) in [5.41, 5.74) is 1.41. The minimum absolute atomic E-state index is 0.195. The number of furan rings is 1. The molecular formula is C10H10N2O3S. The van der Waals surface area contributed by atoms with Crippen LogP contribution in [0.4, 0.5) is 0 Å². The normalized spacial score (nSPS) is 11.6. The van der Waals surface area contributed by atoms with E-state index in [4.69, 9.17) is 4.42 Å². The molecule has 0 bridgehead atoms. The van der Waals surface area contributed by atoms with Crippen LogP contribution in [-0.2, 0) is 9.84 Å². The molecule has 0 aliphatic heterocycles. The molecule has 0 radical (unpaired) electrons. The van der Waals surface area contributed by atoms with Gasteiger partial charge in [-0.3, -0.25) is 0 Å². The van der Waals surface area contributed by atoms with E-state index in [1.54, 1.807) is 18.4 Å². The van der Waals surface area contributed by atoms with E-state index in [0.717, 1.165) is 11.8 Å². The zero-order valence-corrected chi connectivity index (χ0v) is 9.65. The molecule has 0 aliphatic rings. The predicted molar refractivity (Wildman–Crippen MR) is 57.6 cm³/mol. The molecule has 0 unspecified atom stereocenters. The van der Waals surface area contributed by atoms with Crippen molar-refractivity contribution in [3.63, 3.8) is 0 Å². The Balaban J connectivity index is 2.52. The molecule has 0 spiro atoms. The van der Waals surface area contributed by atoms with E-state index >= 15 is 0 Å². The van der Waals surface area contributed by atoms with Crippen molar-refractivity contribution in [1.29, 1.82) is 0 Å². The molecule has 0 N–H and O–H groups in total. The first-order chi connectivity index (χ1) is 7.47. The molecule has 2 aromatic rings. The Kier molecular flexibility index (Phi) is 2.51. The molecule has 0 aromatic carbocycles. The number of hydrogen-bond donors (Lipinski definition) is 0. The Labute approximate surface area is 93.1 Å². The van der Waals surface area contributed by atoms with Gasteiger partial charge in [-0.2, -0.15) is 0 Å². The maximum atomic E-state index is 11.3. The summed E-state index contributed by atoms with van der Waals surface area (Å²) in [6.07, 6.45) is 4.05. The summed E-state index contributed by atoms with van der Waals surface area (Å²) in [4.78, 5) is 7.64. The molecule has 0 saturated carbocycles. The topological polar surface area (TPSA) is 73.1 Å². The first kappa shape index (κ1) is 10.8. The Morgan fingerprint density at radius 2 is 2.12 bits per heavy atom. The van der Waals surface area contributed by atoms with Gasteiger partial charge in [0, 0.05) is 12.5 Å². The van der Waals surface area contributed by atoms with Crippen LogP contribution in [0, 0.1) is 6.92 Å². The number of rotatable bonds is 2. The Morgan fingerprint density at radius 1 is 1.38 bits per heavy atom. The third-order valence-corrected chi connectivity index (χ3v) is 2.81. The first-order valence-electron chi connectivity index (χ1n) is 4.55. The summed E-state index contributed by atoms with van der Waals surface area (Å²) in [6, 6.07) is 3.39. The van der Waals surface area contributed by atoms with Crippen molar-refractivity contribution in [2.24, 2.45) is 0 Å². The maximum absolute atomic E-state index is 11.3. The SMILES string of the molecule is Cc1coc(-c2ccnc(S(C)(=O)=O)n2)c1. The molecule has 0 atom stereocenters. The molecule has 0 amide bonds. The zero-order chi connectivity index (χ0) is 11.8. The average molecular weight is 238 g/mol. The number of aromatic nitrogens is 2. The summed E-state index contributed by atoms with van der Waals surface area (Å²) >= 11 is 0. The molecule has 0 aliphatic carbocycles. The Bertz CT molecular complexity index is 616. The highest BCUT2D eigenvalue weighted by Gasteiger charge is 2.13. The fraction of sp³-hybridized carbons (Fsp3) is 0.200. The highest BCUT2D eigenvalue weighted by Crippen LogP contribution is 2.19. The smallest absolute Gasteiger partial charge is 0.247 e. The molecule has 2 aromatic heterocycles. The van der Waals surface area contributed by atoms with Gasteiger partial charge in [-0.25, -0.2) is 18.4 Å². The summed E-state index contributed by atoms with van der Waals surface area (Å²) in [5, 5.41) is -0.195. The summed E-state index contributed by atoms with van der Waals surface area (Å²) in [5.74, 6) is 0.532. The number of hydrogen-bond acceptors (Lipinski definition) is 5.